The lowest BCUT2D eigenvalue weighted by Crippen LogP contribution is -2.48. The summed E-state index contributed by atoms with van der Waals surface area (Å²) < 4.78 is 5.66. The predicted molar refractivity (Wildman–Crippen MR) is 139 cm³/mol. The fraction of sp³-hybridized carbons (Fsp3) is 0.333. The summed E-state index contributed by atoms with van der Waals surface area (Å²) in [5, 5.41) is 0. The standard InChI is InChI=1S/C30H31N3O3/c34-29(23-9-5-2-6-10-23)32-17-15-31(16-18-32)25-11-12-26-27(20-25)24-13-14-33(28(26)19-24)30(35)36-21-22-7-3-1-4-8-22/h1-12,20,24,28H,13-19,21H2/t24-,28-/m1/s1. The molecule has 3 aromatic rings. The fourth-order valence-corrected chi connectivity index (χ4v) is 5.91. The maximum atomic E-state index is 12.9. The summed E-state index contributed by atoms with van der Waals surface area (Å²) in [7, 11) is 0. The van der Waals surface area contributed by atoms with E-state index in [2.05, 4.69) is 23.1 Å². The number of nitrogens with zero attached hydrogens (tertiary/aromatic N) is 3. The third kappa shape index (κ3) is 4.32. The van der Waals surface area contributed by atoms with Crippen LogP contribution in [0.1, 0.15) is 51.8 Å². The van der Waals surface area contributed by atoms with Crippen LogP contribution in [0, 0.1) is 0 Å². The molecule has 0 N–H and O–H groups in total. The zero-order valence-electron chi connectivity index (χ0n) is 20.4. The molecule has 0 spiro atoms. The Bertz CT molecular complexity index is 1240. The van der Waals surface area contributed by atoms with Gasteiger partial charge in [0.25, 0.3) is 5.91 Å². The summed E-state index contributed by atoms with van der Waals surface area (Å²) in [6, 6.07) is 26.2. The molecule has 0 radical (unpaired) electrons. The SMILES string of the molecule is O=C(c1ccccc1)N1CCN(c2ccc3c(c2)[C@@H]2CCN(C(=O)OCc4ccccc4)[C@@H]3C2)CC1. The van der Waals surface area contributed by atoms with Crippen molar-refractivity contribution < 1.29 is 14.3 Å². The van der Waals surface area contributed by atoms with Gasteiger partial charge in [-0.25, -0.2) is 4.79 Å². The summed E-state index contributed by atoms with van der Waals surface area (Å²) >= 11 is 0. The zero-order chi connectivity index (χ0) is 24.5. The number of hydrogen-bond donors (Lipinski definition) is 0. The molecule has 2 atom stereocenters. The van der Waals surface area contributed by atoms with Gasteiger partial charge in [0, 0.05) is 44.0 Å². The molecule has 2 saturated heterocycles. The Morgan fingerprint density at radius 1 is 0.806 bits per heavy atom. The fourth-order valence-electron chi connectivity index (χ4n) is 5.91. The summed E-state index contributed by atoms with van der Waals surface area (Å²) in [5.74, 6) is 0.598. The summed E-state index contributed by atoms with van der Waals surface area (Å²) in [6.07, 6.45) is 1.71. The number of carbonyl (C=O) groups is 2. The second kappa shape index (κ2) is 9.69. The van der Waals surface area contributed by atoms with Gasteiger partial charge in [-0.2, -0.15) is 0 Å². The van der Waals surface area contributed by atoms with Gasteiger partial charge >= 0.3 is 6.09 Å². The van der Waals surface area contributed by atoms with E-state index in [9.17, 15) is 9.59 Å². The minimum absolute atomic E-state index is 0.0939. The van der Waals surface area contributed by atoms with Crippen molar-refractivity contribution in [2.75, 3.05) is 37.6 Å². The Hall–Kier alpha value is -3.80. The lowest BCUT2D eigenvalue weighted by Gasteiger charge is -2.36. The second-order valence-corrected chi connectivity index (χ2v) is 9.93. The number of ether oxygens (including phenoxy) is 1. The number of fused-ring (bicyclic) bond motifs is 5. The molecule has 184 valence electrons. The third-order valence-electron chi connectivity index (χ3n) is 7.86. The smallest absolute Gasteiger partial charge is 0.410 e. The van der Waals surface area contributed by atoms with Gasteiger partial charge in [-0.05, 0) is 59.7 Å². The highest BCUT2D eigenvalue weighted by atomic mass is 16.6. The average molecular weight is 482 g/mol. The molecule has 6 rings (SSSR count). The molecular weight excluding hydrogens is 450 g/mol. The Balaban J connectivity index is 1.11. The minimum atomic E-state index is -0.224. The van der Waals surface area contributed by atoms with Gasteiger partial charge in [0.05, 0.1) is 6.04 Å². The molecule has 3 aliphatic rings. The van der Waals surface area contributed by atoms with Gasteiger partial charge in [-0.1, -0.05) is 54.6 Å². The van der Waals surface area contributed by atoms with Crippen molar-refractivity contribution in [3.63, 3.8) is 0 Å². The van der Waals surface area contributed by atoms with E-state index in [1.807, 2.05) is 70.5 Å². The largest absolute Gasteiger partial charge is 0.445 e. The molecule has 0 unspecified atom stereocenters. The van der Waals surface area contributed by atoms with Gasteiger partial charge in [0.2, 0.25) is 0 Å². The Morgan fingerprint density at radius 3 is 2.28 bits per heavy atom. The number of rotatable bonds is 4. The van der Waals surface area contributed by atoms with Gasteiger partial charge in [0.15, 0.2) is 0 Å². The Morgan fingerprint density at radius 2 is 1.53 bits per heavy atom. The highest BCUT2D eigenvalue weighted by molar-refractivity contribution is 5.94. The first-order valence-corrected chi connectivity index (χ1v) is 12.9. The number of likely N-dealkylation sites (tertiary alicyclic amines) is 1. The normalized spacial score (nSPS) is 20.7. The number of anilines is 1. The second-order valence-electron chi connectivity index (χ2n) is 9.93. The molecule has 2 heterocycles. The quantitative estimate of drug-likeness (QED) is 0.513. The number of amides is 2. The van der Waals surface area contributed by atoms with E-state index in [1.54, 1.807) is 0 Å². The lowest BCUT2D eigenvalue weighted by atomic mass is 9.95. The molecule has 2 bridgehead atoms. The molecule has 6 nitrogen and oxygen atoms in total. The first kappa shape index (κ1) is 22.7. The molecule has 2 aliphatic heterocycles. The molecule has 0 aromatic heterocycles. The van der Waals surface area contributed by atoms with Crippen LogP contribution in [0.2, 0.25) is 0 Å². The van der Waals surface area contributed by atoms with Gasteiger partial charge in [0.1, 0.15) is 6.61 Å². The monoisotopic (exact) mass is 481 g/mol. The van der Waals surface area contributed by atoms with Crippen molar-refractivity contribution in [1.29, 1.82) is 0 Å². The summed E-state index contributed by atoms with van der Waals surface area (Å²) in [5.41, 5.74) is 5.60. The first-order valence-electron chi connectivity index (χ1n) is 12.9. The predicted octanol–water partition coefficient (Wildman–Crippen LogP) is 5.22. The van der Waals surface area contributed by atoms with Crippen LogP contribution in [-0.4, -0.2) is 54.5 Å². The maximum Gasteiger partial charge on any atom is 0.410 e. The number of benzene rings is 3. The van der Waals surface area contributed by atoms with Crippen LogP contribution in [0.3, 0.4) is 0 Å². The van der Waals surface area contributed by atoms with Gasteiger partial charge in [-0.15, -0.1) is 0 Å². The van der Waals surface area contributed by atoms with Crippen molar-refractivity contribution in [3.05, 3.63) is 101 Å². The van der Waals surface area contributed by atoms with E-state index in [-0.39, 0.29) is 18.0 Å². The van der Waals surface area contributed by atoms with Gasteiger partial charge in [-0.3, -0.25) is 4.79 Å². The topological polar surface area (TPSA) is 53.1 Å². The van der Waals surface area contributed by atoms with E-state index in [1.165, 1.54) is 16.8 Å². The van der Waals surface area contributed by atoms with Crippen molar-refractivity contribution in [1.82, 2.24) is 9.80 Å². The van der Waals surface area contributed by atoms with Crippen LogP contribution >= 0.6 is 0 Å². The van der Waals surface area contributed by atoms with E-state index in [0.29, 0.717) is 12.5 Å². The average Bonchev–Trinajstić information content (AvgIpc) is 3.23. The minimum Gasteiger partial charge on any atom is -0.445 e. The Kier molecular flexibility index (Phi) is 6.09. The molecule has 6 heteroatoms. The highest BCUT2D eigenvalue weighted by Crippen LogP contribution is 2.50. The van der Waals surface area contributed by atoms with Crippen LogP contribution in [-0.2, 0) is 11.3 Å². The molecule has 3 aromatic carbocycles. The van der Waals surface area contributed by atoms with E-state index in [0.717, 1.165) is 56.7 Å². The zero-order valence-corrected chi connectivity index (χ0v) is 20.4. The Labute approximate surface area is 212 Å². The van der Waals surface area contributed by atoms with Crippen molar-refractivity contribution in [2.45, 2.75) is 31.4 Å². The summed E-state index contributed by atoms with van der Waals surface area (Å²) in [4.78, 5) is 32.0. The van der Waals surface area contributed by atoms with Crippen LogP contribution in [0.25, 0.3) is 0 Å². The van der Waals surface area contributed by atoms with Crippen LogP contribution < -0.4 is 4.90 Å². The van der Waals surface area contributed by atoms with E-state index >= 15 is 0 Å². The lowest BCUT2D eigenvalue weighted by molar-refractivity contribution is 0.0694. The molecular formula is C30H31N3O3. The molecule has 36 heavy (non-hydrogen) atoms. The maximum absolute atomic E-state index is 12.9. The number of piperazine rings is 1. The number of carbonyl (C=O) groups excluding carboxylic acids is 2. The van der Waals surface area contributed by atoms with E-state index < -0.39 is 0 Å². The van der Waals surface area contributed by atoms with Crippen molar-refractivity contribution in [2.24, 2.45) is 0 Å². The van der Waals surface area contributed by atoms with E-state index in [4.69, 9.17) is 4.74 Å². The first-order chi connectivity index (χ1) is 17.7. The van der Waals surface area contributed by atoms with Crippen molar-refractivity contribution in [3.8, 4) is 0 Å². The molecule has 2 amide bonds. The van der Waals surface area contributed by atoms with Crippen LogP contribution in [0.15, 0.2) is 78.9 Å². The molecule has 1 aliphatic carbocycles. The van der Waals surface area contributed by atoms with Gasteiger partial charge < -0.3 is 19.4 Å². The summed E-state index contributed by atoms with van der Waals surface area (Å²) in [6.45, 7) is 4.12. The van der Waals surface area contributed by atoms with Crippen LogP contribution in [0.4, 0.5) is 10.5 Å². The number of piperidine rings is 1. The van der Waals surface area contributed by atoms with Crippen molar-refractivity contribution >= 4 is 17.7 Å². The third-order valence-corrected chi connectivity index (χ3v) is 7.86. The number of hydrogen-bond acceptors (Lipinski definition) is 4. The van der Waals surface area contributed by atoms with Crippen LogP contribution in [0.5, 0.6) is 0 Å². The molecule has 0 saturated carbocycles. The highest BCUT2D eigenvalue weighted by Gasteiger charge is 2.41. The molecule has 2 fully saturated rings.